The van der Waals surface area contributed by atoms with Gasteiger partial charge in [0.15, 0.2) is 6.79 Å². The number of esters is 1. The lowest BCUT2D eigenvalue weighted by Crippen LogP contribution is -2.14. The summed E-state index contributed by atoms with van der Waals surface area (Å²) in [4.78, 5) is 12.3. The SMILES string of the molecule is Cc1ccc(C)c(C(=O)OCc2cc(Cl)cc3c2OCOC3)c1. The molecule has 0 aliphatic carbocycles. The van der Waals surface area contributed by atoms with Gasteiger partial charge in [-0.25, -0.2) is 4.79 Å². The summed E-state index contributed by atoms with van der Waals surface area (Å²) in [5.74, 6) is 0.335. The second-order valence-corrected chi connectivity index (χ2v) is 5.99. The summed E-state index contributed by atoms with van der Waals surface area (Å²) in [7, 11) is 0. The summed E-state index contributed by atoms with van der Waals surface area (Å²) in [5, 5.41) is 0.565. The molecule has 3 rings (SSSR count). The van der Waals surface area contributed by atoms with Gasteiger partial charge >= 0.3 is 5.97 Å². The molecule has 0 saturated heterocycles. The van der Waals surface area contributed by atoms with Gasteiger partial charge in [0.05, 0.1) is 12.2 Å². The molecule has 0 radical (unpaired) electrons. The number of hydrogen-bond donors (Lipinski definition) is 0. The number of carbonyl (C=O) groups excluding carboxylic acids is 1. The predicted molar refractivity (Wildman–Crippen MR) is 86.8 cm³/mol. The maximum atomic E-state index is 12.3. The fourth-order valence-electron chi connectivity index (χ4n) is 2.54. The minimum Gasteiger partial charge on any atom is -0.467 e. The van der Waals surface area contributed by atoms with Gasteiger partial charge in [-0.15, -0.1) is 0 Å². The zero-order valence-electron chi connectivity index (χ0n) is 13.0. The third kappa shape index (κ3) is 3.49. The van der Waals surface area contributed by atoms with Gasteiger partial charge in [-0.05, 0) is 37.6 Å². The molecule has 0 amide bonds. The van der Waals surface area contributed by atoms with Crippen LogP contribution in [0.3, 0.4) is 0 Å². The van der Waals surface area contributed by atoms with E-state index in [2.05, 4.69) is 0 Å². The second-order valence-electron chi connectivity index (χ2n) is 5.56. The third-order valence-electron chi connectivity index (χ3n) is 3.72. The van der Waals surface area contributed by atoms with Crippen LogP contribution in [0.1, 0.15) is 32.6 Å². The highest BCUT2D eigenvalue weighted by Gasteiger charge is 2.18. The molecule has 0 aromatic heterocycles. The van der Waals surface area contributed by atoms with Crippen LogP contribution in [0.15, 0.2) is 30.3 Å². The van der Waals surface area contributed by atoms with Crippen molar-refractivity contribution in [3.63, 3.8) is 0 Å². The number of benzene rings is 2. The van der Waals surface area contributed by atoms with E-state index < -0.39 is 0 Å². The quantitative estimate of drug-likeness (QED) is 0.791. The van der Waals surface area contributed by atoms with E-state index in [4.69, 9.17) is 25.8 Å². The molecule has 23 heavy (non-hydrogen) atoms. The molecule has 2 aromatic rings. The fourth-order valence-corrected chi connectivity index (χ4v) is 2.80. The Balaban J connectivity index is 1.79. The third-order valence-corrected chi connectivity index (χ3v) is 3.94. The number of hydrogen-bond acceptors (Lipinski definition) is 4. The number of aryl methyl sites for hydroxylation is 2. The van der Waals surface area contributed by atoms with Crippen LogP contribution in [-0.2, 0) is 22.7 Å². The van der Waals surface area contributed by atoms with Crippen LogP contribution in [-0.4, -0.2) is 12.8 Å². The average Bonchev–Trinajstić information content (AvgIpc) is 2.54. The first-order valence-corrected chi connectivity index (χ1v) is 7.68. The van der Waals surface area contributed by atoms with Crippen LogP contribution in [0.2, 0.25) is 5.02 Å². The lowest BCUT2D eigenvalue weighted by Gasteiger charge is -2.21. The Bertz CT molecular complexity index is 755. The zero-order chi connectivity index (χ0) is 16.4. The van der Waals surface area contributed by atoms with Crippen molar-refractivity contribution in [1.29, 1.82) is 0 Å². The lowest BCUT2D eigenvalue weighted by atomic mass is 10.1. The summed E-state index contributed by atoms with van der Waals surface area (Å²) in [5.41, 5.74) is 4.09. The van der Waals surface area contributed by atoms with Crippen molar-refractivity contribution < 1.29 is 19.0 Å². The molecule has 5 heteroatoms. The van der Waals surface area contributed by atoms with Gasteiger partial charge < -0.3 is 14.2 Å². The molecule has 120 valence electrons. The summed E-state index contributed by atoms with van der Waals surface area (Å²) < 4.78 is 16.2. The Hall–Kier alpha value is -2.04. The normalized spacial score (nSPS) is 13.2. The molecule has 0 spiro atoms. The number of ether oxygens (including phenoxy) is 3. The van der Waals surface area contributed by atoms with Gasteiger partial charge in [-0.1, -0.05) is 29.3 Å². The molecule has 0 atom stereocenters. The first-order chi connectivity index (χ1) is 11.0. The predicted octanol–water partition coefficient (Wildman–Crippen LogP) is 4.18. The van der Waals surface area contributed by atoms with Gasteiger partial charge in [0.1, 0.15) is 12.4 Å². The number of fused-ring (bicyclic) bond motifs is 1. The van der Waals surface area contributed by atoms with E-state index in [1.54, 1.807) is 12.1 Å². The highest BCUT2D eigenvalue weighted by Crippen LogP contribution is 2.32. The van der Waals surface area contributed by atoms with Crippen molar-refractivity contribution >= 4 is 17.6 Å². The first kappa shape index (κ1) is 15.8. The van der Waals surface area contributed by atoms with Crippen molar-refractivity contribution in [2.24, 2.45) is 0 Å². The van der Waals surface area contributed by atoms with E-state index in [0.29, 0.717) is 22.9 Å². The average molecular weight is 333 g/mol. The second kappa shape index (κ2) is 6.60. The Morgan fingerprint density at radius 2 is 2.09 bits per heavy atom. The Kier molecular flexibility index (Phi) is 4.55. The largest absolute Gasteiger partial charge is 0.467 e. The van der Waals surface area contributed by atoms with Crippen molar-refractivity contribution in [1.82, 2.24) is 0 Å². The summed E-state index contributed by atoms with van der Waals surface area (Å²) in [6, 6.07) is 9.25. The molecule has 1 heterocycles. The van der Waals surface area contributed by atoms with Gasteiger partial charge in [0.2, 0.25) is 0 Å². The molecule has 1 aliphatic heterocycles. The maximum absolute atomic E-state index is 12.3. The number of carbonyl (C=O) groups is 1. The smallest absolute Gasteiger partial charge is 0.338 e. The van der Waals surface area contributed by atoms with Crippen molar-refractivity contribution in [2.75, 3.05) is 6.79 Å². The van der Waals surface area contributed by atoms with Crippen molar-refractivity contribution in [3.05, 3.63) is 63.2 Å². The fraction of sp³-hybridized carbons (Fsp3) is 0.278. The molecule has 0 fully saturated rings. The van der Waals surface area contributed by atoms with Gasteiger partial charge in [0, 0.05) is 16.1 Å². The lowest BCUT2D eigenvalue weighted by molar-refractivity contribution is -0.0180. The van der Waals surface area contributed by atoms with Crippen LogP contribution in [0.4, 0.5) is 0 Å². The van der Waals surface area contributed by atoms with Crippen LogP contribution < -0.4 is 4.74 Å². The molecule has 0 unspecified atom stereocenters. The van der Waals surface area contributed by atoms with E-state index in [0.717, 1.165) is 22.3 Å². The molecule has 1 aliphatic rings. The number of halogens is 1. The molecule has 0 N–H and O–H groups in total. The molecular weight excluding hydrogens is 316 g/mol. The Morgan fingerprint density at radius 3 is 2.91 bits per heavy atom. The van der Waals surface area contributed by atoms with Crippen LogP contribution in [0.5, 0.6) is 5.75 Å². The molecule has 0 bridgehead atoms. The van der Waals surface area contributed by atoms with E-state index in [1.165, 1.54) is 0 Å². The molecule has 4 nitrogen and oxygen atoms in total. The summed E-state index contributed by atoms with van der Waals surface area (Å²) >= 11 is 6.11. The van der Waals surface area contributed by atoms with Crippen LogP contribution >= 0.6 is 11.6 Å². The van der Waals surface area contributed by atoms with Crippen LogP contribution in [0.25, 0.3) is 0 Å². The zero-order valence-corrected chi connectivity index (χ0v) is 13.8. The molecular formula is C18H17ClO4. The van der Waals surface area contributed by atoms with Gasteiger partial charge in [0.25, 0.3) is 0 Å². The first-order valence-electron chi connectivity index (χ1n) is 7.31. The Morgan fingerprint density at radius 1 is 1.26 bits per heavy atom. The molecule has 0 saturated carbocycles. The highest BCUT2D eigenvalue weighted by atomic mass is 35.5. The standard InChI is InChI=1S/C18H17ClO4/c1-11-3-4-12(2)16(5-11)18(20)22-9-14-7-15(19)6-13-8-21-10-23-17(13)14/h3-7H,8-10H2,1-2H3. The summed E-state index contributed by atoms with van der Waals surface area (Å²) in [6.45, 7) is 4.56. The van der Waals surface area contributed by atoms with E-state index in [-0.39, 0.29) is 19.4 Å². The van der Waals surface area contributed by atoms with Crippen LogP contribution in [0, 0.1) is 13.8 Å². The molecule has 2 aromatic carbocycles. The van der Waals surface area contributed by atoms with E-state index >= 15 is 0 Å². The van der Waals surface area contributed by atoms with E-state index in [9.17, 15) is 4.79 Å². The minimum absolute atomic E-state index is 0.106. The van der Waals surface area contributed by atoms with Crippen molar-refractivity contribution in [3.8, 4) is 5.75 Å². The maximum Gasteiger partial charge on any atom is 0.338 e. The highest BCUT2D eigenvalue weighted by molar-refractivity contribution is 6.30. The minimum atomic E-state index is -0.355. The van der Waals surface area contributed by atoms with Gasteiger partial charge in [-0.3, -0.25) is 0 Å². The number of rotatable bonds is 3. The monoisotopic (exact) mass is 332 g/mol. The van der Waals surface area contributed by atoms with Gasteiger partial charge in [-0.2, -0.15) is 0 Å². The topological polar surface area (TPSA) is 44.8 Å². The van der Waals surface area contributed by atoms with E-state index in [1.807, 2.05) is 32.0 Å². The van der Waals surface area contributed by atoms with Crippen molar-refractivity contribution in [2.45, 2.75) is 27.1 Å². The Labute approximate surface area is 139 Å². The summed E-state index contributed by atoms with van der Waals surface area (Å²) in [6.07, 6.45) is 0.